The lowest BCUT2D eigenvalue weighted by Crippen LogP contribution is -1.96. The van der Waals surface area contributed by atoms with Crippen molar-refractivity contribution in [1.29, 1.82) is 0 Å². The van der Waals surface area contributed by atoms with Crippen molar-refractivity contribution in [3.63, 3.8) is 0 Å². The van der Waals surface area contributed by atoms with Crippen molar-refractivity contribution >= 4 is 21.9 Å². The van der Waals surface area contributed by atoms with Crippen molar-refractivity contribution in [2.75, 3.05) is 0 Å². The van der Waals surface area contributed by atoms with Crippen LogP contribution < -0.4 is 0 Å². The lowest BCUT2D eigenvalue weighted by atomic mass is 10.0. The van der Waals surface area contributed by atoms with Crippen molar-refractivity contribution in [3.8, 4) is 67.8 Å². The summed E-state index contributed by atoms with van der Waals surface area (Å²) in [5.74, 6) is 1.37. The molecule has 0 radical (unpaired) electrons. The molecule has 0 bridgehead atoms. The molecule has 0 saturated carbocycles. The first-order valence-corrected chi connectivity index (χ1v) is 16.2. The third-order valence-corrected chi connectivity index (χ3v) is 8.72. The van der Waals surface area contributed by atoms with E-state index in [-0.39, 0.29) is 0 Å². The van der Waals surface area contributed by atoms with Crippen LogP contribution in [0.25, 0.3) is 89.7 Å². The molecule has 3 aromatic heterocycles. The number of hydrogen-bond acceptors (Lipinski definition) is 5. The topological polar surface area (TPSA) is 64.7 Å². The fraction of sp³-hybridized carbons (Fsp3) is 0. The van der Waals surface area contributed by atoms with E-state index in [0.29, 0.717) is 11.6 Å². The highest BCUT2D eigenvalue weighted by Gasteiger charge is 2.16. The first kappa shape index (κ1) is 28.5. The second kappa shape index (κ2) is 12.1. The van der Waals surface area contributed by atoms with E-state index in [4.69, 9.17) is 24.4 Å². The molecule has 0 saturated heterocycles. The first-order valence-electron chi connectivity index (χ1n) is 16.2. The molecule has 0 spiro atoms. The molecule has 0 aliphatic heterocycles. The van der Waals surface area contributed by atoms with Gasteiger partial charge in [-0.25, -0.2) is 19.9 Å². The summed E-state index contributed by atoms with van der Waals surface area (Å²) in [7, 11) is 0. The predicted octanol–water partition coefficient (Wildman–Crippen LogP) is 11.2. The molecular formula is C44H28N4O. The third-order valence-electron chi connectivity index (χ3n) is 8.72. The van der Waals surface area contributed by atoms with E-state index in [9.17, 15) is 0 Å². The van der Waals surface area contributed by atoms with Crippen LogP contribution in [0.5, 0.6) is 0 Å². The van der Waals surface area contributed by atoms with Gasteiger partial charge in [0.25, 0.3) is 0 Å². The number of hydrogen-bond donors (Lipinski definition) is 0. The van der Waals surface area contributed by atoms with Gasteiger partial charge in [0, 0.05) is 44.2 Å². The van der Waals surface area contributed by atoms with E-state index in [0.717, 1.165) is 78.1 Å². The molecule has 9 aromatic rings. The van der Waals surface area contributed by atoms with Gasteiger partial charge >= 0.3 is 0 Å². The molecule has 9 rings (SSSR count). The number of aromatic nitrogens is 4. The number of nitrogens with zero attached hydrogens (tertiary/aromatic N) is 4. The van der Waals surface area contributed by atoms with Crippen molar-refractivity contribution in [1.82, 2.24) is 19.9 Å². The molecule has 6 aromatic carbocycles. The van der Waals surface area contributed by atoms with Crippen LogP contribution in [0.2, 0.25) is 0 Å². The summed E-state index contributed by atoms with van der Waals surface area (Å²) in [6.07, 6.45) is 0. The molecule has 0 aliphatic carbocycles. The van der Waals surface area contributed by atoms with Crippen LogP contribution in [0, 0.1) is 0 Å². The maximum atomic E-state index is 6.34. The predicted molar refractivity (Wildman–Crippen MR) is 198 cm³/mol. The van der Waals surface area contributed by atoms with Gasteiger partial charge in [-0.15, -0.1) is 0 Å². The van der Waals surface area contributed by atoms with E-state index >= 15 is 0 Å². The van der Waals surface area contributed by atoms with Gasteiger partial charge in [0.2, 0.25) is 0 Å². The Kier molecular flexibility index (Phi) is 7.06. The van der Waals surface area contributed by atoms with Crippen LogP contribution in [0.1, 0.15) is 0 Å². The molecule has 0 N–H and O–H groups in total. The maximum absolute atomic E-state index is 6.34. The molecule has 0 atom stereocenters. The highest BCUT2D eigenvalue weighted by Crippen LogP contribution is 2.36. The molecule has 0 unspecified atom stereocenters. The Labute approximate surface area is 283 Å². The quantitative estimate of drug-likeness (QED) is 0.183. The fourth-order valence-corrected chi connectivity index (χ4v) is 6.23. The van der Waals surface area contributed by atoms with Gasteiger partial charge in [0.1, 0.15) is 11.2 Å². The van der Waals surface area contributed by atoms with E-state index in [2.05, 4.69) is 60.7 Å². The smallest absolute Gasteiger partial charge is 0.160 e. The molecule has 230 valence electrons. The molecule has 0 amide bonds. The summed E-state index contributed by atoms with van der Waals surface area (Å²) in [5.41, 5.74) is 11.0. The zero-order chi connectivity index (χ0) is 32.6. The zero-order valence-corrected chi connectivity index (χ0v) is 26.4. The van der Waals surface area contributed by atoms with Crippen LogP contribution >= 0.6 is 0 Å². The number of benzene rings is 6. The van der Waals surface area contributed by atoms with Crippen molar-refractivity contribution in [2.45, 2.75) is 0 Å². The van der Waals surface area contributed by atoms with Crippen LogP contribution in [0.15, 0.2) is 174 Å². The minimum Gasteiger partial charge on any atom is -0.456 e. The van der Waals surface area contributed by atoms with Gasteiger partial charge < -0.3 is 4.42 Å². The third kappa shape index (κ3) is 5.53. The van der Waals surface area contributed by atoms with Crippen LogP contribution in [-0.2, 0) is 0 Å². The highest BCUT2D eigenvalue weighted by atomic mass is 16.3. The molecule has 3 heterocycles. The van der Waals surface area contributed by atoms with Crippen molar-refractivity contribution in [3.05, 3.63) is 170 Å². The average molecular weight is 629 g/mol. The minimum atomic E-state index is 0.684. The SMILES string of the molecule is c1ccc(-c2cc(-c3ccc4oc5ccc(-c6cc(-c7ccccc7)nc(-c7ccccc7)n6)cc5c4c3)nc(-c3ccccc3)n2)cc1. The van der Waals surface area contributed by atoms with Crippen molar-refractivity contribution in [2.24, 2.45) is 0 Å². The number of fused-ring (bicyclic) bond motifs is 3. The summed E-state index contributed by atoms with van der Waals surface area (Å²) in [6, 6.07) is 57.4. The lowest BCUT2D eigenvalue weighted by Gasteiger charge is -2.10. The summed E-state index contributed by atoms with van der Waals surface area (Å²) in [6.45, 7) is 0. The average Bonchev–Trinajstić information content (AvgIpc) is 3.56. The summed E-state index contributed by atoms with van der Waals surface area (Å²) < 4.78 is 6.34. The Morgan fingerprint density at radius 1 is 0.286 bits per heavy atom. The Morgan fingerprint density at radius 3 is 0.980 bits per heavy atom. The summed E-state index contributed by atoms with van der Waals surface area (Å²) in [5, 5.41) is 2.02. The van der Waals surface area contributed by atoms with Crippen molar-refractivity contribution < 1.29 is 4.42 Å². The van der Waals surface area contributed by atoms with Crippen LogP contribution in [-0.4, -0.2) is 19.9 Å². The maximum Gasteiger partial charge on any atom is 0.160 e. The van der Waals surface area contributed by atoms with Crippen LogP contribution in [0.3, 0.4) is 0 Å². The van der Waals surface area contributed by atoms with E-state index in [1.807, 2.05) is 109 Å². The molecular weight excluding hydrogens is 601 g/mol. The van der Waals surface area contributed by atoms with Gasteiger partial charge in [0.05, 0.1) is 22.8 Å². The Morgan fingerprint density at radius 2 is 0.612 bits per heavy atom. The van der Waals surface area contributed by atoms with Gasteiger partial charge in [-0.05, 0) is 48.5 Å². The Hall–Kier alpha value is -6.72. The molecule has 0 aliphatic rings. The number of rotatable bonds is 6. The molecule has 5 nitrogen and oxygen atoms in total. The van der Waals surface area contributed by atoms with Crippen LogP contribution in [0.4, 0.5) is 0 Å². The monoisotopic (exact) mass is 628 g/mol. The van der Waals surface area contributed by atoms with Gasteiger partial charge in [0.15, 0.2) is 11.6 Å². The van der Waals surface area contributed by atoms with Gasteiger partial charge in [-0.3, -0.25) is 0 Å². The normalized spacial score (nSPS) is 11.3. The Bertz CT molecular complexity index is 2290. The van der Waals surface area contributed by atoms with E-state index in [1.165, 1.54) is 0 Å². The number of furan rings is 1. The zero-order valence-electron chi connectivity index (χ0n) is 26.4. The highest BCUT2D eigenvalue weighted by molar-refractivity contribution is 6.07. The van der Waals surface area contributed by atoms with Gasteiger partial charge in [-0.2, -0.15) is 0 Å². The van der Waals surface area contributed by atoms with Gasteiger partial charge in [-0.1, -0.05) is 121 Å². The molecule has 49 heavy (non-hydrogen) atoms. The molecule has 5 heteroatoms. The largest absolute Gasteiger partial charge is 0.456 e. The summed E-state index contributed by atoms with van der Waals surface area (Å²) >= 11 is 0. The second-order valence-electron chi connectivity index (χ2n) is 11.9. The summed E-state index contributed by atoms with van der Waals surface area (Å²) in [4.78, 5) is 20.0. The molecule has 0 fully saturated rings. The van der Waals surface area contributed by atoms with E-state index < -0.39 is 0 Å². The Balaban J connectivity index is 1.19. The second-order valence-corrected chi connectivity index (χ2v) is 11.9. The minimum absolute atomic E-state index is 0.684. The fourth-order valence-electron chi connectivity index (χ4n) is 6.23. The first-order chi connectivity index (χ1) is 24.2. The van der Waals surface area contributed by atoms with E-state index in [1.54, 1.807) is 0 Å². The lowest BCUT2D eigenvalue weighted by molar-refractivity contribution is 0.669. The standard InChI is InChI=1S/C44H28N4O/c1-5-13-29(14-6-1)37-27-39(47-43(45-37)31-17-9-3-10-18-31)33-21-23-41-35(25-33)36-26-34(22-24-42(36)49-41)40-28-38(30-15-7-2-8-16-30)46-44(48-40)32-19-11-4-12-20-32/h1-28H.